The zero-order valence-corrected chi connectivity index (χ0v) is 16.6. The first-order chi connectivity index (χ1) is 12.5. The van der Waals surface area contributed by atoms with E-state index in [1.165, 1.54) is 16.7 Å². The largest absolute Gasteiger partial charge is 0.477 e. The van der Waals surface area contributed by atoms with Gasteiger partial charge >= 0.3 is 5.97 Å². The zero-order chi connectivity index (χ0) is 19.8. The molecule has 0 radical (unpaired) electrons. The standard InChI is InChI=1S/C18H25N3O5S/c1-7-12-11(8(2)22)16(24)21(12)13(17(25)26)14(7)27-9-5-10-15(23)19-18(3,4)20(10)6-9/h7-12,22H,5-6H2,1-4H3,(H,19,23)(H,25,26)/t7-,8?,9?,10+,11-,12-/m1/s1. The van der Waals surface area contributed by atoms with Crippen LogP contribution < -0.4 is 5.32 Å². The van der Waals surface area contributed by atoms with Gasteiger partial charge in [0.1, 0.15) is 5.70 Å². The number of hydrogen-bond donors (Lipinski definition) is 3. The molecule has 27 heavy (non-hydrogen) atoms. The van der Waals surface area contributed by atoms with E-state index < -0.39 is 23.7 Å². The van der Waals surface area contributed by atoms with Gasteiger partial charge in [0.05, 0.1) is 29.8 Å². The summed E-state index contributed by atoms with van der Waals surface area (Å²) in [5, 5.41) is 22.7. The lowest BCUT2D eigenvalue weighted by Crippen LogP contribution is -2.63. The molecule has 0 bridgehead atoms. The number of β-lactam (4-membered cyclic amide) rings is 1. The maximum Gasteiger partial charge on any atom is 0.353 e. The Kier molecular flexibility index (Phi) is 4.14. The third-order valence-electron chi connectivity index (χ3n) is 6.32. The van der Waals surface area contributed by atoms with Gasteiger partial charge in [-0.2, -0.15) is 0 Å². The number of amides is 2. The van der Waals surface area contributed by atoms with Crippen molar-refractivity contribution in [2.45, 2.75) is 63.2 Å². The predicted octanol–water partition coefficient (Wildman–Crippen LogP) is 0.182. The minimum absolute atomic E-state index is 0.0168. The van der Waals surface area contributed by atoms with Crippen LogP contribution >= 0.6 is 11.8 Å². The first-order valence-electron chi connectivity index (χ1n) is 9.28. The van der Waals surface area contributed by atoms with Crippen molar-refractivity contribution in [1.82, 2.24) is 15.1 Å². The summed E-state index contributed by atoms with van der Waals surface area (Å²) in [6.45, 7) is 8.11. The molecule has 9 heteroatoms. The van der Waals surface area contributed by atoms with Gasteiger partial charge in [-0.15, -0.1) is 11.8 Å². The Morgan fingerprint density at radius 3 is 2.59 bits per heavy atom. The number of fused-ring (bicyclic) bond motifs is 2. The van der Waals surface area contributed by atoms with Crippen molar-refractivity contribution in [2.24, 2.45) is 11.8 Å². The molecule has 4 aliphatic heterocycles. The van der Waals surface area contributed by atoms with Gasteiger partial charge in [-0.05, 0) is 27.2 Å². The predicted molar refractivity (Wildman–Crippen MR) is 98.3 cm³/mol. The van der Waals surface area contributed by atoms with E-state index in [4.69, 9.17) is 0 Å². The van der Waals surface area contributed by atoms with Crippen LogP contribution in [0.15, 0.2) is 10.6 Å². The molecule has 0 spiro atoms. The fourth-order valence-electron chi connectivity index (χ4n) is 5.06. The number of rotatable bonds is 4. The molecule has 4 aliphatic rings. The van der Waals surface area contributed by atoms with Crippen molar-refractivity contribution in [1.29, 1.82) is 0 Å². The molecular weight excluding hydrogens is 370 g/mol. The van der Waals surface area contributed by atoms with Gasteiger partial charge in [0.2, 0.25) is 11.8 Å². The molecule has 3 N–H and O–H groups in total. The van der Waals surface area contributed by atoms with E-state index in [-0.39, 0.29) is 40.8 Å². The second-order valence-corrected chi connectivity index (χ2v) is 9.81. The number of hydrogen-bond acceptors (Lipinski definition) is 6. The molecule has 2 unspecified atom stereocenters. The SMILES string of the molecule is CC(O)[C@H]1C(=O)N2C(C(=O)O)=C(SC3C[C@H]4C(=O)NC(C)(C)N4C3)[C@H](C)[C@H]12. The Labute approximate surface area is 161 Å². The monoisotopic (exact) mass is 395 g/mol. The van der Waals surface area contributed by atoms with Crippen molar-refractivity contribution in [2.75, 3.05) is 6.54 Å². The van der Waals surface area contributed by atoms with Gasteiger partial charge in [-0.25, -0.2) is 4.79 Å². The number of carboxylic acid groups (broad SMARTS) is 1. The summed E-state index contributed by atoms with van der Waals surface area (Å²) >= 11 is 1.48. The quantitative estimate of drug-likeness (QED) is 0.583. The molecule has 148 valence electrons. The van der Waals surface area contributed by atoms with Crippen LogP contribution in [0.5, 0.6) is 0 Å². The highest BCUT2D eigenvalue weighted by Crippen LogP contribution is 2.52. The lowest BCUT2D eigenvalue weighted by atomic mass is 9.79. The highest BCUT2D eigenvalue weighted by atomic mass is 32.2. The van der Waals surface area contributed by atoms with Crippen molar-refractivity contribution in [3.05, 3.63) is 10.6 Å². The van der Waals surface area contributed by atoms with Crippen molar-refractivity contribution in [3.63, 3.8) is 0 Å². The molecule has 6 atom stereocenters. The fraction of sp³-hybridized carbons (Fsp3) is 0.722. The fourth-order valence-corrected chi connectivity index (χ4v) is 6.59. The first-order valence-corrected chi connectivity index (χ1v) is 10.2. The van der Waals surface area contributed by atoms with Gasteiger partial charge < -0.3 is 20.4 Å². The van der Waals surface area contributed by atoms with E-state index >= 15 is 0 Å². The van der Waals surface area contributed by atoms with Crippen molar-refractivity contribution < 1.29 is 24.6 Å². The van der Waals surface area contributed by atoms with Gasteiger partial charge in [0, 0.05) is 22.6 Å². The number of aliphatic hydroxyl groups excluding tert-OH is 1. The van der Waals surface area contributed by atoms with Gasteiger partial charge in [0.25, 0.3) is 0 Å². The summed E-state index contributed by atoms with van der Waals surface area (Å²) in [6.07, 6.45) is -0.149. The second kappa shape index (κ2) is 5.96. The second-order valence-electron chi connectivity index (χ2n) is 8.46. The summed E-state index contributed by atoms with van der Waals surface area (Å²) in [7, 11) is 0. The van der Waals surface area contributed by atoms with Crippen LogP contribution in [0.2, 0.25) is 0 Å². The first kappa shape index (κ1) is 18.8. The molecule has 3 fully saturated rings. The molecule has 3 saturated heterocycles. The molecule has 0 saturated carbocycles. The number of aliphatic hydroxyl groups is 1. The van der Waals surface area contributed by atoms with E-state index in [2.05, 4.69) is 10.2 Å². The van der Waals surface area contributed by atoms with Crippen LogP contribution in [0, 0.1) is 11.8 Å². The minimum atomic E-state index is -1.11. The summed E-state index contributed by atoms with van der Waals surface area (Å²) < 4.78 is 0. The lowest BCUT2D eigenvalue weighted by molar-refractivity contribution is -0.163. The Morgan fingerprint density at radius 1 is 1.37 bits per heavy atom. The van der Waals surface area contributed by atoms with E-state index in [1.54, 1.807) is 6.92 Å². The van der Waals surface area contributed by atoms with Crippen LogP contribution in [0.3, 0.4) is 0 Å². The van der Waals surface area contributed by atoms with Gasteiger partial charge in [0.15, 0.2) is 0 Å². The molecule has 0 aromatic heterocycles. The van der Waals surface area contributed by atoms with Crippen LogP contribution in [0.1, 0.15) is 34.1 Å². The molecule has 4 heterocycles. The normalized spacial score (nSPS) is 38.6. The highest BCUT2D eigenvalue weighted by molar-refractivity contribution is 8.03. The Hall–Kier alpha value is -1.58. The Morgan fingerprint density at radius 2 is 2.04 bits per heavy atom. The minimum Gasteiger partial charge on any atom is -0.477 e. The van der Waals surface area contributed by atoms with Gasteiger partial charge in [-0.1, -0.05) is 6.92 Å². The third-order valence-corrected chi connectivity index (χ3v) is 7.81. The number of nitrogens with one attached hydrogen (secondary N) is 1. The van der Waals surface area contributed by atoms with E-state index in [9.17, 15) is 24.6 Å². The van der Waals surface area contributed by atoms with Crippen LogP contribution in [0.25, 0.3) is 0 Å². The molecule has 0 aliphatic carbocycles. The maximum absolute atomic E-state index is 12.4. The molecule has 4 rings (SSSR count). The summed E-state index contributed by atoms with van der Waals surface area (Å²) in [4.78, 5) is 40.7. The summed E-state index contributed by atoms with van der Waals surface area (Å²) in [5.41, 5.74) is -0.353. The Balaban J connectivity index is 1.58. The number of aliphatic carboxylic acids is 1. The van der Waals surface area contributed by atoms with E-state index in [0.29, 0.717) is 17.9 Å². The molecular formula is C18H25N3O5S. The number of thioether (sulfide) groups is 1. The number of nitrogens with zero attached hydrogens (tertiary/aromatic N) is 2. The molecule has 2 amide bonds. The van der Waals surface area contributed by atoms with E-state index in [1.807, 2.05) is 20.8 Å². The molecule has 8 nitrogen and oxygen atoms in total. The average molecular weight is 395 g/mol. The third kappa shape index (κ3) is 2.55. The summed E-state index contributed by atoms with van der Waals surface area (Å²) in [6, 6.07) is -0.487. The van der Waals surface area contributed by atoms with Crippen LogP contribution in [-0.4, -0.2) is 73.4 Å². The number of carbonyl (C=O) groups is 3. The molecule has 0 aromatic rings. The zero-order valence-electron chi connectivity index (χ0n) is 15.8. The smallest absolute Gasteiger partial charge is 0.353 e. The topological polar surface area (TPSA) is 110 Å². The van der Waals surface area contributed by atoms with Gasteiger partial charge in [-0.3, -0.25) is 14.5 Å². The number of carbonyl (C=O) groups excluding carboxylic acids is 2. The van der Waals surface area contributed by atoms with Crippen molar-refractivity contribution in [3.8, 4) is 0 Å². The molecule has 0 aromatic carbocycles. The Bertz CT molecular complexity index is 764. The average Bonchev–Trinajstić information content (AvgIpc) is 3.13. The van der Waals surface area contributed by atoms with Crippen LogP contribution in [0.4, 0.5) is 0 Å². The van der Waals surface area contributed by atoms with Crippen LogP contribution in [-0.2, 0) is 14.4 Å². The summed E-state index contributed by atoms with van der Waals surface area (Å²) in [5.74, 6) is -2.11. The van der Waals surface area contributed by atoms with E-state index in [0.717, 1.165) is 0 Å². The van der Waals surface area contributed by atoms with Crippen molar-refractivity contribution >= 4 is 29.5 Å². The highest BCUT2D eigenvalue weighted by Gasteiger charge is 2.60. The maximum atomic E-state index is 12.4. The lowest BCUT2D eigenvalue weighted by Gasteiger charge is -2.46. The number of carboxylic acids is 1.